The molecular weight excluding hydrogens is 278 g/mol. The summed E-state index contributed by atoms with van der Waals surface area (Å²) in [4.78, 5) is 13.2. The molecule has 0 radical (unpaired) electrons. The van der Waals surface area contributed by atoms with Gasteiger partial charge in [-0.15, -0.1) is 11.3 Å². The third-order valence-corrected chi connectivity index (χ3v) is 4.37. The molecular formula is C10H14BrNO2S. The van der Waals surface area contributed by atoms with E-state index >= 15 is 0 Å². The molecule has 0 bridgehead atoms. The molecule has 0 saturated carbocycles. The molecule has 0 spiro atoms. The quantitative estimate of drug-likeness (QED) is 0.925. The maximum atomic E-state index is 11.0. The van der Waals surface area contributed by atoms with Crippen LogP contribution < -0.4 is 4.90 Å². The Morgan fingerprint density at radius 2 is 2.00 bits per heavy atom. The third kappa shape index (κ3) is 2.34. The first kappa shape index (κ1) is 12.5. The van der Waals surface area contributed by atoms with Crippen LogP contribution in [0.4, 0.5) is 5.00 Å². The number of hydrogen-bond acceptors (Lipinski definition) is 3. The van der Waals surface area contributed by atoms with Gasteiger partial charge < -0.3 is 10.0 Å². The molecule has 0 unspecified atom stereocenters. The van der Waals surface area contributed by atoms with Crippen LogP contribution in [0.2, 0.25) is 0 Å². The first-order valence-electron chi connectivity index (χ1n) is 4.80. The fraction of sp³-hybridized carbons (Fsp3) is 0.500. The highest BCUT2D eigenvalue weighted by Gasteiger charge is 2.21. The molecule has 15 heavy (non-hydrogen) atoms. The van der Waals surface area contributed by atoms with E-state index in [9.17, 15) is 4.79 Å². The van der Waals surface area contributed by atoms with Crippen molar-refractivity contribution in [3.05, 3.63) is 14.9 Å². The van der Waals surface area contributed by atoms with Crippen molar-refractivity contribution in [1.29, 1.82) is 0 Å². The molecule has 1 aromatic rings. The highest BCUT2D eigenvalue weighted by molar-refractivity contribution is 9.11. The lowest BCUT2D eigenvalue weighted by atomic mass is 10.2. The van der Waals surface area contributed by atoms with E-state index in [1.165, 1.54) is 11.3 Å². The van der Waals surface area contributed by atoms with Crippen LogP contribution in [0.15, 0.2) is 3.79 Å². The second-order valence-electron chi connectivity index (χ2n) is 3.16. The van der Waals surface area contributed by atoms with E-state index in [-0.39, 0.29) is 0 Å². The van der Waals surface area contributed by atoms with E-state index in [1.807, 2.05) is 6.92 Å². The number of anilines is 1. The highest BCUT2D eigenvalue weighted by atomic mass is 79.9. The molecule has 1 rings (SSSR count). The number of hydrogen-bond donors (Lipinski definition) is 1. The summed E-state index contributed by atoms with van der Waals surface area (Å²) in [5.74, 6) is -0.867. The Kier molecular flexibility index (Phi) is 4.16. The van der Waals surface area contributed by atoms with Gasteiger partial charge in [-0.3, -0.25) is 0 Å². The Hall–Kier alpha value is -0.550. The molecule has 1 aromatic heterocycles. The number of carboxylic acid groups (broad SMARTS) is 1. The number of thiophene rings is 1. The van der Waals surface area contributed by atoms with Crippen LogP contribution in [0.3, 0.4) is 0 Å². The standard InChI is InChI=1S/C10H14BrNO2S/c1-4-12(5-2)9-6(3)7(10(13)14)8(11)15-9/h4-5H2,1-3H3,(H,13,14). The first-order chi connectivity index (χ1) is 7.02. The maximum Gasteiger partial charge on any atom is 0.338 e. The van der Waals surface area contributed by atoms with Gasteiger partial charge in [0.1, 0.15) is 0 Å². The lowest BCUT2D eigenvalue weighted by Crippen LogP contribution is -2.21. The average molecular weight is 292 g/mol. The molecule has 0 saturated heterocycles. The van der Waals surface area contributed by atoms with Gasteiger partial charge >= 0.3 is 5.97 Å². The van der Waals surface area contributed by atoms with Gasteiger partial charge in [0.25, 0.3) is 0 Å². The van der Waals surface area contributed by atoms with Crippen molar-refractivity contribution in [2.45, 2.75) is 20.8 Å². The van der Waals surface area contributed by atoms with Gasteiger partial charge in [0.15, 0.2) is 0 Å². The summed E-state index contributed by atoms with van der Waals surface area (Å²) in [6.45, 7) is 7.78. The first-order valence-corrected chi connectivity index (χ1v) is 6.40. The number of rotatable bonds is 4. The molecule has 5 heteroatoms. The largest absolute Gasteiger partial charge is 0.478 e. The van der Waals surface area contributed by atoms with E-state index in [1.54, 1.807) is 0 Å². The van der Waals surface area contributed by atoms with Crippen molar-refractivity contribution in [2.75, 3.05) is 18.0 Å². The Labute approximate surface area is 102 Å². The van der Waals surface area contributed by atoms with Crippen molar-refractivity contribution < 1.29 is 9.90 Å². The number of nitrogens with zero attached hydrogens (tertiary/aromatic N) is 1. The fourth-order valence-corrected chi connectivity index (χ4v) is 3.61. The molecule has 0 aromatic carbocycles. The zero-order valence-corrected chi connectivity index (χ0v) is 11.4. The van der Waals surface area contributed by atoms with Crippen molar-refractivity contribution >= 4 is 38.2 Å². The zero-order chi connectivity index (χ0) is 11.6. The van der Waals surface area contributed by atoms with Crippen LogP contribution in [-0.4, -0.2) is 24.2 Å². The molecule has 0 fully saturated rings. The minimum absolute atomic E-state index is 0.391. The summed E-state index contributed by atoms with van der Waals surface area (Å²) in [5.41, 5.74) is 1.24. The van der Waals surface area contributed by atoms with Gasteiger partial charge in [-0.1, -0.05) is 0 Å². The maximum absolute atomic E-state index is 11.0. The summed E-state index contributed by atoms with van der Waals surface area (Å²) >= 11 is 4.79. The van der Waals surface area contributed by atoms with Crippen LogP contribution in [0.25, 0.3) is 0 Å². The molecule has 0 aliphatic carbocycles. The summed E-state index contributed by atoms with van der Waals surface area (Å²) < 4.78 is 0.703. The van der Waals surface area contributed by atoms with E-state index in [0.29, 0.717) is 9.35 Å². The monoisotopic (exact) mass is 291 g/mol. The number of aromatic carboxylic acids is 1. The Balaban J connectivity index is 3.22. The summed E-state index contributed by atoms with van der Waals surface area (Å²) in [5, 5.41) is 10.1. The van der Waals surface area contributed by atoms with Crippen molar-refractivity contribution in [2.24, 2.45) is 0 Å². The van der Waals surface area contributed by atoms with Gasteiger partial charge in [-0.2, -0.15) is 0 Å². The van der Waals surface area contributed by atoms with Crippen molar-refractivity contribution in [3.63, 3.8) is 0 Å². The second kappa shape index (κ2) is 4.99. The lowest BCUT2D eigenvalue weighted by Gasteiger charge is -2.19. The van der Waals surface area contributed by atoms with Crippen LogP contribution in [0.5, 0.6) is 0 Å². The molecule has 1 heterocycles. The van der Waals surface area contributed by atoms with Crippen molar-refractivity contribution in [1.82, 2.24) is 0 Å². The zero-order valence-electron chi connectivity index (χ0n) is 9.00. The van der Waals surface area contributed by atoms with Crippen LogP contribution >= 0.6 is 27.3 Å². The summed E-state index contributed by atoms with van der Waals surface area (Å²) in [6.07, 6.45) is 0. The fourth-order valence-electron chi connectivity index (χ4n) is 1.52. The number of halogens is 1. The number of carboxylic acids is 1. The van der Waals surface area contributed by atoms with Gasteiger partial charge in [-0.25, -0.2) is 4.79 Å². The third-order valence-electron chi connectivity index (χ3n) is 2.34. The molecule has 0 atom stereocenters. The van der Waals surface area contributed by atoms with Crippen molar-refractivity contribution in [3.8, 4) is 0 Å². The summed E-state index contributed by atoms with van der Waals surface area (Å²) in [6, 6.07) is 0. The van der Waals surface area contributed by atoms with Gasteiger partial charge in [0, 0.05) is 13.1 Å². The smallest absolute Gasteiger partial charge is 0.338 e. The van der Waals surface area contributed by atoms with Crippen LogP contribution in [0.1, 0.15) is 29.8 Å². The second-order valence-corrected chi connectivity index (χ2v) is 5.48. The van der Waals surface area contributed by atoms with Gasteiger partial charge in [0.05, 0.1) is 14.4 Å². The average Bonchev–Trinajstić information content (AvgIpc) is 2.44. The predicted octanol–water partition coefficient (Wildman–Crippen LogP) is 3.36. The molecule has 84 valence electrons. The Morgan fingerprint density at radius 1 is 1.47 bits per heavy atom. The summed E-state index contributed by atoms with van der Waals surface area (Å²) in [7, 11) is 0. The minimum atomic E-state index is -0.867. The Bertz CT molecular complexity index is 372. The molecule has 0 aliphatic rings. The highest BCUT2D eigenvalue weighted by Crippen LogP contribution is 2.38. The van der Waals surface area contributed by atoms with Gasteiger partial charge in [-0.05, 0) is 42.3 Å². The lowest BCUT2D eigenvalue weighted by molar-refractivity contribution is 0.0696. The predicted molar refractivity (Wildman–Crippen MR) is 67.3 cm³/mol. The molecule has 0 aliphatic heterocycles. The van der Waals surface area contributed by atoms with Crippen LogP contribution in [0, 0.1) is 6.92 Å². The molecule has 3 nitrogen and oxygen atoms in total. The normalized spacial score (nSPS) is 10.4. The number of carbonyl (C=O) groups is 1. The topological polar surface area (TPSA) is 40.5 Å². The SMILES string of the molecule is CCN(CC)c1sc(Br)c(C(=O)O)c1C. The van der Waals surface area contributed by atoms with E-state index in [2.05, 4.69) is 34.7 Å². The Morgan fingerprint density at radius 3 is 2.33 bits per heavy atom. The molecule has 0 amide bonds. The minimum Gasteiger partial charge on any atom is -0.478 e. The molecule has 1 N–H and O–H groups in total. The van der Waals surface area contributed by atoms with Gasteiger partial charge in [0.2, 0.25) is 0 Å². The van der Waals surface area contributed by atoms with E-state index in [4.69, 9.17) is 5.11 Å². The van der Waals surface area contributed by atoms with E-state index in [0.717, 1.165) is 23.7 Å². The van der Waals surface area contributed by atoms with E-state index < -0.39 is 5.97 Å². The van der Waals surface area contributed by atoms with Crippen LogP contribution in [-0.2, 0) is 0 Å².